The molecule has 2 aromatic rings. The number of alkyl halides is 3. The minimum atomic E-state index is -4.35. The van der Waals surface area contributed by atoms with Crippen molar-refractivity contribution in [2.45, 2.75) is 19.5 Å². The van der Waals surface area contributed by atoms with E-state index in [1.54, 1.807) is 16.8 Å². The van der Waals surface area contributed by atoms with E-state index in [4.69, 9.17) is 0 Å². The van der Waals surface area contributed by atoms with Crippen LogP contribution in [0.3, 0.4) is 0 Å². The maximum absolute atomic E-state index is 12.7. The van der Waals surface area contributed by atoms with Crippen LogP contribution in [-0.4, -0.2) is 9.55 Å². The van der Waals surface area contributed by atoms with E-state index in [1.807, 2.05) is 6.92 Å². The summed E-state index contributed by atoms with van der Waals surface area (Å²) in [7, 11) is 0. The third kappa shape index (κ3) is 2.75. The maximum atomic E-state index is 12.7. The van der Waals surface area contributed by atoms with Crippen molar-refractivity contribution in [3.8, 4) is 5.69 Å². The summed E-state index contributed by atoms with van der Waals surface area (Å²) in [6.07, 6.45) is -0.373. The van der Waals surface area contributed by atoms with Crippen molar-refractivity contribution < 1.29 is 13.2 Å². The number of halogens is 4. The fourth-order valence-electron chi connectivity index (χ4n) is 1.57. The molecule has 2 nitrogen and oxygen atoms in total. The second-order valence-electron chi connectivity index (χ2n) is 3.82. The zero-order chi connectivity index (χ0) is 13.3. The van der Waals surface area contributed by atoms with Crippen LogP contribution in [0.2, 0.25) is 0 Å². The molecule has 96 valence electrons. The molecule has 0 N–H and O–H groups in total. The van der Waals surface area contributed by atoms with Gasteiger partial charge in [-0.05, 0) is 24.6 Å². The minimum Gasteiger partial charge on any atom is -0.306 e. The zero-order valence-corrected chi connectivity index (χ0v) is 11.1. The van der Waals surface area contributed by atoms with Gasteiger partial charge in [0.1, 0.15) is 0 Å². The van der Waals surface area contributed by atoms with E-state index in [9.17, 15) is 13.2 Å². The average Bonchev–Trinajstić information content (AvgIpc) is 2.75. The lowest BCUT2D eigenvalue weighted by Crippen LogP contribution is -2.06. The first-order chi connectivity index (χ1) is 8.40. The Morgan fingerprint density at radius 2 is 2.00 bits per heavy atom. The van der Waals surface area contributed by atoms with Crippen LogP contribution < -0.4 is 0 Å². The molecule has 0 spiro atoms. The summed E-state index contributed by atoms with van der Waals surface area (Å²) in [6.45, 7) is 1.94. The molecule has 0 aliphatic carbocycles. The highest BCUT2D eigenvalue weighted by molar-refractivity contribution is 9.10. The first kappa shape index (κ1) is 13.1. The molecule has 1 aromatic heterocycles. The third-order valence-corrected chi connectivity index (χ3v) is 2.96. The molecule has 0 radical (unpaired) electrons. The molecule has 0 aliphatic heterocycles. The molecule has 0 unspecified atom stereocenters. The van der Waals surface area contributed by atoms with Gasteiger partial charge in [0, 0.05) is 16.4 Å². The molecule has 0 aliphatic rings. The Kier molecular flexibility index (Phi) is 3.47. The second-order valence-corrected chi connectivity index (χ2v) is 4.74. The van der Waals surface area contributed by atoms with Crippen LogP contribution in [0.25, 0.3) is 5.69 Å². The lowest BCUT2D eigenvalue weighted by Gasteiger charge is -2.10. The molecule has 1 aromatic carbocycles. The summed E-state index contributed by atoms with van der Waals surface area (Å²) < 4.78 is 40.0. The SMILES string of the molecule is CCc1cn(-c2cc(Br)cc(C(F)(F)F)c2)cn1. The Morgan fingerprint density at radius 1 is 1.28 bits per heavy atom. The number of benzene rings is 1. The Hall–Kier alpha value is -1.30. The van der Waals surface area contributed by atoms with Crippen molar-refractivity contribution in [2.24, 2.45) is 0 Å². The smallest absolute Gasteiger partial charge is 0.306 e. The van der Waals surface area contributed by atoms with Crippen molar-refractivity contribution in [1.82, 2.24) is 9.55 Å². The summed E-state index contributed by atoms with van der Waals surface area (Å²) in [5.41, 5.74) is 0.589. The van der Waals surface area contributed by atoms with Gasteiger partial charge in [0.25, 0.3) is 0 Å². The predicted molar refractivity (Wildman–Crippen MR) is 65.6 cm³/mol. The summed E-state index contributed by atoms with van der Waals surface area (Å²) in [5.74, 6) is 0. The fourth-order valence-corrected chi connectivity index (χ4v) is 2.06. The molecular weight excluding hydrogens is 309 g/mol. The van der Waals surface area contributed by atoms with E-state index >= 15 is 0 Å². The van der Waals surface area contributed by atoms with E-state index in [1.165, 1.54) is 6.33 Å². The van der Waals surface area contributed by atoms with Crippen LogP contribution in [0.5, 0.6) is 0 Å². The van der Waals surface area contributed by atoms with Crippen LogP contribution in [0.1, 0.15) is 18.2 Å². The number of hydrogen-bond donors (Lipinski definition) is 0. The number of aryl methyl sites for hydroxylation is 1. The largest absolute Gasteiger partial charge is 0.416 e. The highest BCUT2D eigenvalue weighted by atomic mass is 79.9. The van der Waals surface area contributed by atoms with Crippen molar-refractivity contribution >= 4 is 15.9 Å². The summed E-state index contributed by atoms with van der Waals surface area (Å²) >= 11 is 3.09. The minimum absolute atomic E-state index is 0.388. The van der Waals surface area contributed by atoms with E-state index < -0.39 is 11.7 Å². The van der Waals surface area contributed by atoms with Crippen LogP contribution in [0, 0.1) is 0 Å². The summed E-state index contributed by atoms with van der Waals surface area (Å²) in [4.78, 5) is 4.10. The molecule has 0 fully saturated rings. The van der Waals surface area contributed by atoms with Gasteiger partial charge in [0.05, 0.1) is 17.6 Å². The van der Waals surface area contributed by atoms with Gasteiger partial charge in [0.2, 0.25) is 0 Å². The number of imidazole rings is 1. The Morgan fingerprint density at radius 3 is 2.56 bits per heavy atom. The van der Waals surface area contributed by atoms with Gasteiger partial charge in [-0.25, -0.2) is 4.98 Å². The second kappa shape index (κ2) is 4.76. The van der Waals surface area contributed by atoms with Gasteiger partial charge in [0.15, 0.2) is 0 Å². The van der Waals surface area contributed by atoms with E-state index in [2.05, 4.69) is 20.9 Å². The molecule has 0 bridgehead atoms. The summed E-state index contributed by atoms with van der Waals surface area (Å²) in [6, 6.07) is 3.78. The molecule has 0 saturated heterocycles. The third-order valence-electron chi connectivity index (χ3n) is 2.51. The molecule has 1 heterocycles. The molecule has 0 atom stereocenters. The standard InChI is InChI=1S/C12H10BrF3N2/c1-2-10-6-18(7-17-10)11-4-8(12(14,15)16)3-9(13)5-11/h3-7H,2H2,1H3. The number of nitrogens with zero attached hydrogens (tertiary/aromatic N) is 2. The van der Waals surface area contributed by atoms with E-state index in [0.717, 1.165) is 24.2 Å². The van der Waals surface area contributed by atoms with Gasteiger partial charge < -0.3 is 4.57 Å². The Labute approximate surface area is 111 Å². The lowest BCUT2D eigenvalue weighted by molar-refractivity contribution is -0.137. The number of rotatable bonds is 2. The number of hydrogen-bond acceptors (Lipinski definition) is 1. The fraction of sp³-hybridized carbons (Fsp3) is 0.250. The number of aromatic nitrogens is 2. The molecule has 0 amide bonds. The van der Waals surface area contributed by atoms with Crippen LogP contribution in [0.4, 0.5) is 13.2 Å². The predicted octanol–water partition coefficient (Wildman–Crippen LogP) is 4.22. The first-order valence-corrected chi connectivity index (χ1v) is 6.10. The van der Waals surface area contributed by atoms with Crippen molar-refractivity contribution in [3.05, 3.63) is 46.5 Å². The van der Waals surface area contributed by atoms with E-state index in [-0.39, 0.29) is 0 Å². The van der Waals surface area contributed by atoms with Gasteiger partial charge >= 0.3 is 6.18 Å². The van der Waals surface area contributed by atoms with Crippen LogP contribution in [-0.2, 0) is 12.6 Å². The highest BCUT2D eigenvalue weighted by Crippen LogP contribution is 2.32. The topological polar surface area (TPSA) is 17.8 Å². The monoisotopic (exact) mass is 318 g/mol. The lowest BCUT2D eigenvalue weighted by atomic mass is 10.2. The van der Waals surface area contributed by atoms with Crippen LogP contribution >= 0.6 is 15.9 Å². The van der Waals surface area contributed by atoms with E-state index in [0.29, 0.717) is 10.2 Å². The first-order valence-electron chi connectivity index (χ1n) is 5.31. The molecule has 18 heavy (non-hydrogen) atoms. The van der Waals surface area contributed by atoms with Crippen molar-refractivity contribution in [1.29, 1.82) is 0 Å². The summed E-state index contributed by atoms with van der Waals surface area (Å²) in [5, 5.41) is 0. The Balaban J connectivity index is 2.48. The highest BCUT2D eigenvalue weighted by Gasteiger charge is 2.31. The zero-order valence-electron chi connectivity index (χ0n) is 9.50. The molecule has 2 rings (SSSR count). The average molecular weight is 319 g/mol. The normalized spacial score (nSPS) is 11.8. The maximum Gasteiger partial charge on any atom is 0.416 e. The van der Waals surface area contributed by atoms with Crippen molar-refractivity contribution in [2.75, 3.05) is 0 Å². The van der Waals surface area contributed by atoms with Crippen LogP contribution in [0.15, 0.2) is 35.2 Å². The van der Waals surface area contributed by atoms with Gasteiger partial charge in [-0.3, -0.25) is 0 Å². The molecule has 6 heteroatoms. The van der Waals surface area contributed by atoms with Crippen molar-refractivity contribution in [3.63, 3.8) is 0 Å². The van der Waals surface area contributed by atoms with Gasteiger partial charge in [-0.1, -0.05) is 22.9 Å². The van der Waals surface area contributed by atoms with Gasteiger partial charge in [-0.2, -0.15) is 13.2 Å². The van der Waals surface area contributed by atoms with Gasteiger partial charge in [-0.15, -0.1) is 0 Å². The quantitative estimate of drug-likeness (QED) is 0.810. The Bertz CT molecular complexity index is 561. The molecule has 0 saturated carbocycles. The molecular formula is C12H10BrF3N2.